The molecule has 10 aromatic rings. The Hall–Kier alpha value is -7.81. The fourth-order valence-electron chi connectivity index (χ4n) is 10.1. The van der Waals surface area contributed by atoms with E-state index in [9.17, 15) is 0 Å². The van der Waals surface area contributed by atoms with E-state index in [0.29, 0.717) is 12.3 Å². The number of fused-ring (bicyclic) bond motifs is 7. The second-order valence-electron chi connectivity index (χ2n) is 17.2. The van der Waals surface area contributed by atoms with Crippen LogP contribution in [0.1, 0.15) is 41.7 Å². The minimum atomic E-state index is -0.131. The van der Waals surface area contributed by atoms with Gasteiger partial charge in [-0.3, -0.25) is 0 Å². The Balaban J connectivity index is 1.03. The largest absolute Gasteiger partial charge is 0.383 e. The van der Waals surface area contributed by atoms with E-state index in [-0.39, 0.29) is 5.41 Å². The van der Waals surface area contributed by atoms with Crippen LogP contribution >= 0.6 is 0 Å². The molecule has 0 aliphatic heterocycles. The van der Waals surface area contributed by atoms with Gasteiger partial charge in [-0.2, -0.15) is 0 Å². The molecular formula is C61H46N2. The lowest BCUT2D eigenvalue weighted by molar-refractivity contribution is 0.666. The minimum absolute atomic E-state index is 0.131. The van der Waals surface area contributed by atoms with E-state index in [1.54, 1.807) is 0 Å². The van der Waals surface area contributed by atoms with Gasteiger partial charge in [0, 0.05) is 16.5 Å². The normalized spacial score (nSPS) is 13.4. The van der Waals surface area contributed by atoms with Crippen LogP contribution in [-0.4, -0.2) is 5.84 Å². The van der Waals surface area contributed by atoms with Crippen LogP contribution in [0.4, 0.5) is 0 Å². The molecule has 2 nitrogen and oxygen atoms in total. The molecule has 0 spiro atoms. The predicted molar refractivity (Wildman–Crippen MR) is 268 cm³/mol. The number of hydrogen-bond acceptors (Lipinski definition) is 1. The number of aliphatic imine (C=N–C) groups is 1. The van der Waals surface area contributed by atoms with Crippen LogP contribution in [0.5, 0.6) is 0 Å². The zero-order valence-electron chi connectivity index (χ0n) is 35.5. The lowest BCUT2D eigenvalue weighted by Crippen LogP contribution is -2.15. The maximum atomic E-state index is 6.78. The van der Waals surface area contributed by atoms with Crippen molar-refractivity contribution < 1.29 is 0 Å². The number of nitrogens with two attached hydrogens (primary N) is 1. The first kappa shape index (κ1) is 38.1. The third kappa shape index (κ3) is 6.63. The second-order valence-corrected chi connectivity index (χ2v) is 17.2. The fourth-order valence-corrected chi connectivity index (χ4v) is 10.1. The van der Waals surface area contributed by atoms with Crippen LogP contribution in [0, 0.1) is 0 Å². The third-order valence-corrected chi connectivity index (χ3v) is 13.2. The van der Waals surface area contributed by atoms with E-state index in [2.05, 4.69) is 202 Å². The zero-order chi connectivity index (χ0) is 42.5. The molecule has 0 radical (unpaired) electrons. The van der Waals surface area contributed by atoms with Crippen LogP contribution in [-0.2, 0) is 11.8 Å². The van der Waals surface area contributed by atoms with E-state index in [1.807, 2.05) is 30.3 Å². The lowest BCUT2D eigenvalue weighted by Gasteiger charge is -2.23. The summed E-state index contributed by atoms with van der Waals surface area (Å²) in [4.78, 5) is 5.17. The van der Waals surface area contributed by atoms with E-state index >= 15 is 0 Å². The summed E-state index contributed by atoms with van der Waals surface area (Å²) in [5.74, 6) is 0.489. The Kier molecular flexibility index (Phi) is 9.43. The SMILES string of the molecule is CC1(C)c2cccc(-c3ccc(-c4ccc(/C(=C/Cc5ccc(-c6ccccc6)cc5)N=C(N)c5ccccc5)c5ccccc45)c4ccccc34)c2-c2ccc3ccccc3c21. The molecule has 0 unspecified atom stereocenters. The summed E-state index contributed by atoms with van der Waals surface area (Å²) < 4.78 is 0. The molecule has 11 rings (SSSR count). The van der Waals surface area contributed by atoms with Gasteiger partial charge < -0.3 is 5.73 Å². The monoisotopic (exact) mass is 806 g/mol. The van der Waals surface area contributed by atoms with Crippen LogP contribution in [0.2, 0.25) is 0 Å². The van der Waals surface area contributed by atoms with Gasteiger partial charge in [-0.05, 0) is 99.9 Å². The molecule has 63 heavy (non-hydrogen) atoms. The van der Waals surface area contributed by atoms with E-state index < -0.39 is 0 Å². The summed E-state index contributed by atoms with van der Waals surface area (Å²) >= 11 is 0. The van der Waals surface area contributed by atoms with Crippen molar-refractivity contribution in [2.75, 3.05) is 0 Å². The Bertz CT molecular complexity index is 3430. The smallest absolute Gasteiger partial charge is 0.131 e. The highest BCUT2D eigenvalue weighted by atomic mass is 14.9. The number of hydrogen-bond donors (Lipinski definition) is 1. The molecule has 0 saturated heterocycles. The van der Waals surface area contributed by atoms with Gasteiger partial charge in [-0.25, -0.2) is 4.99 Å². The Morgan fingerprint density at radius 1 is 0.460 bits per heavy atom. The molecule has 0 saturated carbocycles. The van der Waals surface area contributed by atoms with Gasteiger partial charge in [0.1, 0.15) is 5.84 Å². The molecule has 0 fully saturated rings. The van der Waals surface area contributed by atoms with Crippen molar-refractivity contribution >= 4 is 43.9 Å². The predicted octanol–water partition coefficient (Wildman–Crippen LogP) is 15.4. The van der Waals surface area contributed by atoms with Crippen molar-refractivity contribution in [1.29, 1.82) is 0 Å². The number of nitrogens with zero attached hydrogens (tertiary/aromatic N) is 1. The molecule has 0 aromatic heterocycles. The quantitative estimate of drug-likeness (QED) is 0.121. The summed E-state index contributed by atoms with van der Waals surface area (Å²) in [5.41, 5.74) is 23.4. The average molecular weight is 807 g/mol. The molecule has 300 valence electrons. The van der Waals surface area contributed by atoms with Gasteiger partial charge in [0.25, 0.3) is 0 Å². The van der Waals surface area contributed by atoms with Gasteiger partial charge in [-0.1, -0.05) is 232 Å². The number of benzene rings is 10. The standard InChI is InChI=1S/C61H46N2/c1-61(2)56-27-15-26-54(58(56)55-34-33-43-18-9-10-21-45(43)59(55)61)52-36-35-50(46-22-11-12-23-47(46)52)51-37-38-53(49-25-14-13-24-48(49)51)57(63-60(62)44-19-7-4-8-20-44)39-30-40-28-31-42(32-29-40)41-16-5-3-6-17-41/h3-29,31-39H,30H2,1-2H3,(H2,62,63)/b57-39-. The van der Waals surface area contributed by atoms with Gasteiger partial charge in [-0.15, -0.1) is 0 Å². The lowest BCUT2D eigenvalue weighted by atomic mass is 9.80. The third-order valence-electron chi connectivity index (χ3n) is 13.2. The molecule has 0 atom stereocenters. The van der Waals surface area contributed by atoms with Crippen molar-refractivity contribution in [3.05, 3.63) is 246 Å². The molecule has 10 aromatic carbocycles. The summed E-state index contributed by atoms with van der Waals surface area (Å²) in [6, 6.07) is 76.6. The van der Waals surface area contributed by atoms with E-state index in [1.165, 1.54) is 88.1 Å². The zero-order valence-corrected chi connectivity index (χ0v) is 35.5. The first-order valence-corrected chi connectivity index (χ1v) is 21.9. The van der Waals surface area contributed by atoms with E-state index in [4.69, 9.17) is 10.7 Å². The van der Waals surface area contributed by atoms with Crippen LogP contribution < -0.4 is 5.73 Å². The van der Waals surface area contributed by atoms with Crippen LogP contribution in [0.15, 0.2) is 223 Å². The molecule has 1 aliphatic carbocycles. The highest BCUT2D eigenvalue weighted by Crippen LogP contribution is 2.55. The number of allylic oxidation sites excluding steroid dienone is 1. The molecule has 2 heteroatoms. The summed E-state index contributed by atoms with van der Waals surface area (Å²) in [6.07, 6.45) is 2.93. The van der Waals surface area contributed by atoms with Gasteiger partial charge in [0.15, 0.2) is 0 Å². The summed E-state index contributed by atoms with van der Waals surface area (Å²) in [5, 5.41) is 7.38. The van der Waals surface area contributed by atoms with E-state index in [0.717, 1.165) is 22.2 Å². The van der Waals surface area contributed by atoms with Gasteiger partial charge in [0.2, 0.25) is 0 Å². The van der Waals surface area contributed by atoms with Crippen LogP contribution in [0.3, 0.4) is 0 Å². The van der Waals surface area contributed by atoms with Crippen molar-refractivity contribution in [2.45, 2.75) is 25.7 Å². The highest BCUT2D eigenvalue weighted by Gasteiger charge is 2.38. The maximum absolute atomic E-state index is 6.78. The first-order valence-electron chi connectivity index (χ1n) is 21.9. The molecule has 0 amide bonds. The number of amidine groups is 1. The Morgan fingerprint density at radius 3 is 1.70 bits per heavy atom. The maximum Gasteiger partial charge on any atom is 0.131 e. The Labute approximate surface area is 369 Å². The first-order chi connectivity index (χ1) is 30.9. The molecule has 2 N–H and O–H groups in total. The van der Waals surface area contributed by atoms with Crippen LogP contribution in [0.25, 0.3) is 82.5 Å². The topological polar surface area (TPSA) is 38.4 Å². The summed E-state index contributed by atoms with van der Waals surface area (Å²) in [6.45, 7) is 4.77. The van der Waals surface area contributed by atoms with Gasteiger partial charge >= 0.3 is 0 Å². The molecule has 1 aliphatic rings. The molecule has 0 heterocycles. The fraction of sp³-hybridized carbons (Fsp3) is 0.0656. The molecule has 0 bridgehead atoms. The molecular weight excluding hydrogens is 761 g/mol. The van der Waals surface area contributed by atoms with Crippen molar-refractivity contribution in [3.63, 3.8) is 0 Å². The Morgan fingerprint density at radius 2 is 1.00 bits per heavy atom. The van der Waals surface area contributed by atoms with Crippen molar-refractivity contribution in [1.82, 2.24) is 0 Å². The highest BCUT2D eigenvalue weighted by molar-refractivity contribution is 6.13. The average Bonchev–Trinajstić information content (AvgIpc) is 3.59. The second kappa shape index (κ2) is 15.6. The van der Waals surface area contributed by atoms with Crippen molar-refractivity contribution in [3.8, 4) is 44.5 Å². The summed E-state index contributed by atoms with van der Waals surface area (Å²) in [7, 11) is 0. The van der Waals surface area contributed by atoms with Gasteiger partial charge in [0.05, 0.1) is 5.70 Å². The number of rotatable bonds is 8. The van der Waals surface area contributed by atoms with Crippen molar-refractivity contribution in [2.24, 2.45) is 10.7 Å². The minimum Gasteiger partial charge on any atom is -0.383 e.